The largest absolute Gasteiger partial charge is 0.365 e. The van der Waals surface area contributed by atoms with Crippen molar-refractivity contribution in [1.82, 2.24) is 20.0 Å². The second-order valence-electron chi connectivity index (χ2n) is 12.1. The molecule has 10 heteroatoms. The van der Waals surface area contributed by atoms with Crippen LogP contribution < -0.4 is 10.2 Å². The average molecular weight is 621 g/mol. The van der Waals surface area contributed by atoms with Crippen LogP contribution in [0.5, 0.6) is 0 Å². The average Bonchev–Trinajstić information content (AvgIpc) is 3.37. The summed E-state index contributed by atoms with van der Waals surface area (Å²) in [4.78, 5) is 34.4. The topological polar surface area (TPSA) is 59.1 Å². The molecular weight excluding hydrogens is 576 g/mol. The predicted molar refractivity (Wildman–Crippen MR) is 169 cm³/mol. The molecule has 7 nitrogen and oxygen atoms in total. The molecule has 2 saturated heterocycles. The van der Waals surface area contributed by atoms with Gasteiger partial charge in [0.15, 0.2) is 0 Å². The van der Waals surface area contributed by atoms with E-state index in [0.29, 0.717) is 67.2 Å². The van der Waals surface area contributed by atoms with E-state index in [1.165, 1.54) is 6.07 Å². The van der Waals surface area contributed by atoms with Gasteiger partial charge in [0.05, 0.1) is 11.9 Å². The molecule has 3 unspecified atom stereocenters. The Balaban J connectivity index is 1.53. The first-order chi connectivity index (χ1) is 20.0. The summed E-state index contributed by atoms with van der Waals surface area (Å²) in [5, 5.41) is 4.70. The fourth-order valence-electron chi connectivity index (χ4n) is 5.93. The Morgan fingerprint density at radius 3 is 2.36 bits per heavy atom. The van der Waals surface area contributed by atoms with Crippen LogP contribution >= 0.6 is 23.2 Å². The molecule has 2 fully saturated rings. The molecule has 2 aromatic rings. The molecular formula is C32H44Cl2FN5O2. The summed E-state index contributed by atoms with van der Waals surface area (Å²) in [5.41, 5.74) is 2.33. The van der Waals surface area contributed by atoms with Crippen molar-refractivity contribution in [3.63, 3.8) is 0 Å². The Bertz CT molecular complexity index is 1250. The molecule has 0 bridgehead atoms. The van der Waals surface area contributed by atoms with Gasteiger partial charge >= 0.3 is 0 Å². The third kappa shape index (κ3) is 7.76. The lowest BCUT2D eigenvalue weighted by Crippen LogP contribution is -2.56. The fraction of sp³-hybridized carbons (Fsp3) is 0.562. The number of nitrogens with one attached hydrogen (secondary N) is 1. The minimum absolute atomic E-state index is 0.0104. The normalized spacial score (nSPS) is 18.2. The maximum atomic E-state index is 15.5. The SMILES string of the molecule is CC(C)CC(NC(C)N(C)C)c1cccc(F)c1N1CCN(C(=O)C(Cc2ccc(Cl)cc2Cl)N2CCCC2=O)CC1. The van der Waals surface area contributed by atoms with Gasteiger partial charge in [-0.15, -0.1) is 0 Å². The van der Waals surface area contributed by atoms with E-state index in [4.69, 9.17) is 23.2 Å². The second-order valence-corrected chi connectivity index (χ2v) is 13.0. The van der Waals surface area contributed by atoms with Crippen LogP contribution in [-0.2, 0) is 16.0 Å². The Kier molecular flexibility index (Phi) is 11.1. The van der Waals surface area contributed by atoms with Crippen LogP contribution in [0.15, 0.2) is 36.4 Å². The number of nitrogens with zero attached hydrogens (tertiary/aromatic N) is 4. The third-order valence-electron chi connectivity index (χ3n) is 8.42. The maximum Gasteiger partial charge on any atom is 0.245 e. The van der Waals surface area contributed by atoms with E-state index < -0.39 is 6.04 Å². The van der Waals surface area contributed by atoms with Crippen LogP contribution in [-0.4, -0.2) is 85.5 Å². The smallest absolute Gasteiger partial charge is 0.245 e. The molecule has 2 heterocycles. The van der Waals surface area contributed by atoms with Crippen molar-refractivity contribution in [3.05, 3.63) is 63.4 Å². The highest BCUT2D eigenvalue weighted by Gasteiger charge is 2.37. The summed E-state index contributed by atoms with van der Waals surface area (Å²) in [6.07, 6.45) is 2.48. The Morgan fingerprint density at radius 1 is 1.05 bits per heavy atom. The molecule has 2 amide bonds. The summed E-state index contributed by atoms with van der Waals surface area (Å²) in [5.74, 6) is 0.0626. The van der Waals surface area contributed by atoms with Crippen molar-refractivity contribution in [2.24, 2.45) is 5.92 Å². The molecule has 0 aromatic heterocycles. The van der Waals surface area contributed by atoms with Gasteiger partial charge in [-0.3, -0.25) is 19.8 Å². The van der Waals surface area contributed by atoms with E-state index in [1.54, 1.807) is 23.1 Å². The van der Waals surface area contributed by atoms with Gasteiger partial charge in [0.25, 0.3) is 0 Å². The first-order valence-electron chi connectivity index (χ1n) is 14.9. The van der Waals surface area contributed by atoms with Gasteiger partial charge in [-0.1, -0.05) is 55.2 Å². The monoisotopic (exact) mass is 619 g/mol. The quantitative estimate of drug-likeness (QED) is 0.332. The zero-order valence-corrected chi connectivity index (χ0v) is 26.9. The number of hydrogen-bond donors (Lipinski definition) is 1. The summed E-state index contributed by atoms with van der Waals surface area (Å²) in [7, 11) is 4.05. The molecule has 0 aliphatic carbocycles. The van der Waals surface area contributed by atoms with Crippen molar-refractivity contribution in [3.8, 4) is 0 Å². The Labute approximate surface area is 259 Å². The van der Waals surface area contributed by atoms with E-state index in [-0.39, 0.29) is 29.8 Å². The summed E-state index contributed by atoms with van der Waals surface area (Å²) in [6.45, 7) is 8.89. The number of benzene rings is 2. The number of carbonyl (C=O) groups is 2. The fourth-order valence-corrected chi connectivity index (χ4v) is 6.42. The lowest BCUT2D eigenvalue weighted by molar-refractivity contribution is -0.143. The number of para-hydroxylation sites is 1. The number of amides is 2. The van der Waals surface area contributed by atoms with Crippen LogP contribution in [0.4, 0.5) is 10.1 Å². The Hall–Kier alpha value is -2.39. The highest BCUT2D eigenvalue weighted by molar-refractivity contribution is 6.35. The second kappa shape index (κ2) is 14.4. The number of piperazine rings is 1. The highest BCUT2D eigenvalue weighted by atomic mass is 35.5. The van der Waals surface area contributed by atoms with Crippen LogP contribution in [0.1, 0.15) is 57.2 Å². The molecule has 3 atom stereocenters. The van der Waals surface area contributed by atoms with E-state index >= 15 is 4.39 Å². The molecule has 0 spiro atoms. The minimum atomic E-state index is -0.638. The number of rotatable bonds is 11. The number of halogens is 3. The van der Waals surface area contributed by atoms with Gasteiger partial charge in [0, 0.05) is 61.7 Å². The lowest BCUT2D eigenvalue weighted by Gasteiger charge is -2.40. The molecule has 2 aliphatic heterocycles. The predicted octanol–water partition coefficient (Wildman–Crippen LogP) is 5.60. The van der Waals surface area contributed by atoms with Crippen molar-refractivity contribution in [2.45, 2.75) is 64.7 Å². The third-order valence-corrected chi connectivity index (χ3v) is 9.01. The number of anilines is 1. The summed E-state index contributed by atoms with van der Waals surface area (Å²) in [6, 6.07) is 9.89. The van der Waals surface area contributed by atoms with Gasteiger partial charge in [0.1, 0.15) is 11.9 Å². The van der Waals surface area contributed by atoms with Gasteiger partial charge in [0.2, 0.25) is 11.8 Å². The van der Waals surface area contributed by atoms with E-state index in [9.17, 15) is 9.59 Å². The van der Waals surface area contributed by atoms with Crippen molar-refractivity contribution in [1.29, 1.82) is 0 Å². The number of hydrogen-bond acceptors (Lipinski definition) is 5. The van der Waals surface area contributed by atoms with Crippen LogP contribution in [0.2, 0.25) is 10.0 Å². The number of carbonyl (C=O) groups excluding carboxylic acids is 2. The molecule has 230 valence electrons. The zero-order valence-electron chi connectivity index (χ0n) is 25.4. The van der Waals surface area contributed by atoms with E-state index in [1.807, 2.05) is 31.1 Å². The summed E-state index contributed by atoms with van der Waals surface area (Å²) < 4.78 is 15.5. The van der Waals surface area contributed by atoms with Gasteiger partial charge in [-0.05, 0) is 69.1 Å². The molecule has 2 aliphatic rings. The maximum absolute atomic E-state index is 15.5. The van der Waals surface area contributed by atoms with Crippen molar-refractivity contribution in [2.75, 3.05) is 51.7 Å². The first kappa shape index (κ1) is 32.5. The molecule has 1 N–H and O–H groups in total. The zero-order chi connectivity index (χ0) is 30.6. The first-order valence-corrected chi connectivity index (χ1v) is 15.7. The van der Waals surface area contributed by atoms with Crippen LogP contribution in [0, 0.1) is 11.7 Å². The minimum Gasteiger partial charge on any atom is -0.365 e. The van der Waals surface area contributed by atoms with Gasteiger partial charge < -0.3 is 14.7 Å². The lowest BCUT2D eigenvalue weighted by atomic mass is 9.94. The van der Waals surface area contributed by atoms with Gasteiger partial charge in [-0.2, -0.15) is 0 Å². The molecule has 42 heavy (non-hydrogen) atoms. The van der Waals surface area contributed by atoms with E-state index in [0.717, 1.165) is 24.0 Å². The highest BCUT2D eigenvalue weighted by Crippen LogP contribution is 2.34. The summed E-state index contributed by atoms with van der Waals surface area (Å²) >= 11 is 12.6. The molecule has 4 rings (SSSR count). The van der Waals surface area contributed by atoms with Crippen molar-refractivity contribution < 1.29 is 14.0 Å². The van der Waals surface area contributed by atoms with Crippen LogP contribution in [0.3, 0.4) is 0 Å². The number of likely N-dealkylation sites (tertiary alicyclic amines) is 1. The van der Waals surface area contributed by atoms with E-state index in [2.05, 4.69) is 35.9 Å². The Morgan fingerprint density at radius 2 is 1.76 bits per heavy atom. The van der Waals surface area contributed by atoms with Gasteiger partial charge in [-0.25, -0.2) is 4.39 Å². The molecule has 2 aromatic carbocycles. The molecule has 0 saturated carbocycles. The molecule has 0 radical (unpaired) electrons. The standard InChI is InChI=1S/C32H44Cl2FN5O2/c1-21(2)18-28(36-22(3)37(4)5)25-8-6-9-27(35)31(25)38-14-16-39(17-15-38)32(42)29(40-13-7-10-30(40)41)19-23-11-12-24(33)20-26(23)34/h6,8-9,11-12,20-22,28-29,36H,7,10,13-19H2,1-5H3. The van der Waals surface area contributed by atoms with Crippen molar-refractivity contribution >= 4 is 40.7 Å². The van der Waals surface area contributed by atoms with Crippen LogP contribution in [0.25, 0.3) is 0 Å².